The van der Waals surface area contributed by atoms with Crippen LogP contribution in [0.15, 0.2) is 52.1 Å². The van der Waals surface area contributed by atoms with E-state index in [9.17, 15) is 4.79 Å². The van der Waals surface area contributed by atoms with Gasteiger partial charge in [0.05, 0.1) is 6.26 Å². The van der Waals surface area contributed by atoms with Crippen molar-refractivity contribution in [2.75, 3.05) is 12.4 Å². The van der Waals surface area contributed by atoms with E-state index in [4.69, 9.17) is 4.42 Å². The molecule has 144 valence electrons. The number of hydrogen-bond donors (Lipinski definition) is 3. The molecule has 1 aromatic heterocycles. The molecule has 3 N–H and O–H groups in total. The summed E-state index contributed by atoms with van der Waals surface area (Å²) in [5, 5.41) is 9.70. The zero-order chi connectivity index (χ0) is 19.1. The number of furan rings is 1. The van der Waals surface area contributed by atoms with E-state index < -0.39 is 0 Å². The van der Waals surface area contributed by atoms with Gasteiger partial charge >= 0.3 is 0 Å². The molecule has 6 heteroatoms. The van der Waals surface area contributed by atoms with E-state index in [-0.39, 0.29) is 5.91 Å². The van der Waals surface area contributed by atoms with Gasteiger partial charge in [0.1, 0.15) is 0 Å². The van der Waals surface area contributed by atoms with Crippen LogP contribution in [0.2, 0.25) is 0 Å². The molecule has 1 aliphatic rings. The van der Waals surface area contributed by atoms with E-state index in [1.807, 2.05) is 24.3 Å². The molecule has 1 aromatic carbocycles. The van der Waals surface area contributed by atoms with E-state index >= 15 is 0 Å². The van der Waals surface area contributed by atoms with Crippen LogP contribution in [-0.4, -0.2) is 25.0 Å². The molecule has 1 aliphatic carbocycles. The van der Waals surface area contributed by atoms with Crippen molar-refractivity contribution in [3.05, 3.63) is 54.0 Å². The molecular formula is C21H28N4O2. The molecule has 0 unspecified atom stereocenters. The number of rotatable bonds is 5. The normalized spacial score (nSPS) is 20.1. The van der Waals surface area contributed by atoms with Gasteiger partial charge in [-0.15, -0.1) is 0 Å². The maximum Gasteiger partial charge on any atom is 0.291 e. The summed E-state index contributed by atoms with van der Waals surface area (Å²) in [6.45, 7) is 3.00. The van der Waals surface area contributed by atoms with Gasteiger partial charge in [0.2, 0.25) is 0 Å². The Kier molecular flexibility index (Phi) is 6.52. The SMILES string of the molecule is CN=C(NCc1ccc(NC(=O)c2ccco2)cc1)NC1CCC(C)CC1. The number of benzene rings is 1. The highest BCUT2D eigenvalue weighted by atomic mass is 16.3. The van der Waals surface area contributed by atoms with Crippen molar-refractivity contribution in [2.45, 2.75) is 45.2 Å². The van der Waals surface area contributed by atoms with Gasteiger partial charge in [-0.1, -0.05) is 19.1 Å². The Morgan fingerprint density at radius 1 is 1.15 bits per heavy atom. The second-order valence-electron chi connectivity index (χ2n) is 7.16. The fourth-order valence-corrected chi connectivity index (χ4v) is 3.28. The second kappa shape index (κ2) is 9.26. The number of aliphatic imine (C=N–C) groups is 1. The highest BCUT2D eigenvalue weighted by Crippen LogP contribution is 2.23. The van der Waals surface area contributed by atoms with E-state index in [1.54, 1.807) is 19.2 Å². The number of guanidine groups is 1. The Bertz CT molecular complexity index is 745. The summed E-state index contributed by atoms with van der Waals surface area (Å²) in [6, 6.07) is 11.6. The number of nitrogens with zero attached hydrogens (tertiary/aromatic N) is 1. The van der Waals surface area contributed by atoms with E-state index in [2.05, 4.69) is 27.9 Å². The molecule has 1 heterocycles. The molecule has 0 spiro atoms. The predicted octanol–water partition coefficient (Wildman–Crippen LogP) is 3.78. The molecule has 1 amide bonds. The molecule has 0 saturated heterocycles. The molecule has 1 fully saturated rings. The number of carbonyl (C=O) groups excluding carboxylic acids is 1. The van der Waals surface area contributed by atoms with Crippen LogP contribution in [0.4, 0.5) is 5.69 Å². The monoisotopic (exact) mass is 368 g/mol. The van der Waals surface area contributed by atoms with Crippen LogP contribution in [0.3, 0.4) is 0 Å². The summed E-state index contributed by atoms with van der Waals surface area (Å²) in [7, 11) is 1.80. The molecule has 3 rings (SSSR count). The molecule has 0 bridgehead atoms. The Morgan fingerprint density at radius 3 is 2.52 bits per heavy atom. The summed E-state index contributed by atoms with van der Waals surface area (Å²) in [5.74, 6) is 1.72. The third-order valence-electron chi connectivity index (χ3n) is 5.00. The molecular weight excluding hydrogens is 340 g/mol. The van der Waals surface area contributed by atoms with Crippen molar-refractivity contribution in [3.8, 4) is 0 Å². The molecule has 0 aliphatic heterocycles. The topological polar surface area (TPSA) is 78.7 Å². The zero-order valence-electron chi connectivity index (χ0n) is 16.0. The summed E-state index contributed by atoms with van der Waals surface area (Å²) in [6.07, 6.45) is 6.44. The third-order valence-corrected chi connectivity index (χ3v) is 5.00. The standard InChI is InChI=1S/C21H28N4O2/c1-15-5-9-18(10-6-15)25-21(22-2)23-14-16-7-11-17(12-8-16)24-20(26)19-4-3-13-27-19/h3-4,7-8,11-13,15,18H,5-6,9-10,14H2,1-2H3,(H,24,26)(H2,22,23,25). The minimum Gasteiger partial charge on any atom is -0.459 e. The lowest BCUT2D eigenvalue weighted by Crippen LogP contribution is -2.44. The average molecular weight is 368 g/mol. The van der Waals surface area contributed by atoms with Crippen LogP contribution < -0.4 is 16.0 Å². The smallest absolute Gasteiger partial charge is 0.291 e. The first kappa shape index (κ1) is 19.0. The summed E-state index contributed by atoms with van der Waals surface area (Å²) in [5.41, 5.74) is 1.85. The number of amides is 1. The lowest BCUT2D eigenvalue weighted by molar-refractivity contribution is 0.0996. The van der Waals surface area contributed by atoms with Gasteiger partial charge in [0.15, 0.2) is 11.7 Å². The Labute approximate surface area is 160 Å². The zero-order valence-corrected chi connectivity index (χ0v) is 16.0. The van der Waals surface area contributed by atoms with Gasteiger partial charge in [-0.05, 0) is 61.4 Å². The lowest BCUT2D eigenvalue weighted by atomic mass is 9.87. The molecule has 2 aromatic rings. The van der Waals surface area contributed by atoms with E-state index in [0.29, 0.717) is 18.3 Å². The maximum absolute atomic E-state index is 12.0. The largest absolute Gasteiger partial charge is 0.459 e. The van der Waals surface area contributed by atoms with Crippen molar-refractivity contribution in [1.29, 1.82) is 0 Å². The second-order valence-corrected chi connectivity index (χ2v) is 7.16. The van der Waals surface area contributed by atoms with Crippen LogP contribution in [-0.2, 0) is 6.54 Å². The van der Waals surface area contributed by atoms with Gasteiger partial charge in [0, 0.05) is 25.3 Å². The number of carbonyl (C=O) groups is 1. The van der Waals surface area contributed by atoms with Crippen LogP contribution in [0.25, 0.3) is 0 Å². The Hall–Kier alpha value is -2.76. The Balaban J connectivity index is 1.46. The quantitative estimate of drug-likeness (QED) is 0.554. The first-order valence-electron chi connectivity index (χ1n) is 9.55. The van der Waals surface area contributed by atoms with Crippen LogP contribution >= 0.6 is 0 Å². The highest BCUT2D eigenvalue weighted by molar-refractivity contribution is 6.02. The number of nitrogens with one attached hydrogen (secondary N) is 3. The lowest BCUT2D eigenvalue weighted by Gasteiger charge is -2.28. The molecule has 27 heavy (non-hydrogen) atoms. The fraction of sp³-hybridized carbons (Fsp3) is 0.429. The Morgan fingerprint density at radius 2 is 1.89 bits per heavy atom. The van der Waals surface area contributed by atoms with Crippen LogP contribution in [0.5, 0.6) is 0 Å². The predicted molar refractivity (Wildman–Crippen MR) is 108 cm³/mol. The van der Waals surface area contributed by atoms with E-state index in [0.717, 1.165) is 23.1 Å². The minimum atomic E-state index is -0.253. The van der Waals surface area contributed by atoms with E-state index in [1.165, 1.54) is 31.9 Å². The molecule has 0 radical (unpaired) electrons. The molecule has 1 saturated carbocycles. The summed E-state index contributed by atoms with van der Waals surface area (Å²) in [4.78, 5) is 16.3. The van der Waals surface area contributed by atoms with Crippen molar-refractivity contribution < 1.29 is 9.21 Å². The van der Waals surface area contributed by atoms with Crippen molar-refractivity contribution in [3.63, 3.8) is 0 Å². The van der Waals surface area contributed by atoms with Gasteiger partial charge < -0.3 is 20.4 Å². The van der Waals surface area contributed by atoms with Gasteiger partial charge in [0.25, 0.3) is 5.91 Å². The van der Waals surface area contributed by atoms with Gasteiger partial charge in [-0.25, -0.2) is 0 Å². The number of anilines is 1. The molecule has 6 nitrogen and oxygen atoms in total. The molecule has 0 atom stereocenters. The summed E-state index contributed by atoms with van der Waals surface area (Å²) >= 11 is 0. The van der Waals surface area contributed by atoms with Gasteiger partial charge in [-0.3, -0.25) is 9.79 Å². The van der Waals surface area contributed by atoms with Crippen molar-refractivity contribution >= 4 is 17.6 Å². The first-order chi connectivity index (χ1) is 13.1. The summed E-state index contributed by atoms with van der Waals surface area (Å²) < 4.78 is 5.09. The van der Waals surface area contributed by atoms with Crippen molar-refractivity contribution in [1.82, 2.24) is 10.6 Å². The van der Waals surface area contributed by atoms with Gasteiger partial charge in [-0.2, -0.15) is 0 Å². The highest BCUT2D eigenvalue weighted by Gasteiger charge is 2.18. The maximum atomic E-state index is 12.0. The number of hydrogen-bond acceptors (Lipinski definition) is 3. The van der Waals surface area contributed by atoms with Crippen molar-refractivity contribution in [2.24, 2.45) is 10.9 Å². The minimum absolute atomic E-state index is 0.253. The first-order valence-corrected chi connectivity index (χ1v) is 9.55. The van der Waals surface area contributed by atoms with Crippen LogP contribution in [0, 0.1) is 5.92 Å². The fourth-order valence-electron chi connectivity index (χ4n) is 3.28. The average Bonchev–Trinajstić information content (AvgIpc) is 3.23. The van der Waals surface area contributed by atoms with Crippen LogP contribution in [0.1, 0.15) is 48.7 Å². The third kappa shape index (κ3) is 5.61.